The Bertz CT molecular complexity index is 200. The van der Waals surface area contributed by atoms with Crippen LogP contribution in [0.2, 0.25) is 0 Å². The van der Waals surface area contributed by atoms with Crippen molar-refractivity contribution in [1.29, 1.82) is 0 Å². The van der Waals surface area contributed by atoms with Gasteiger partial charge in [-0.05, 0) is 45.6 Å². The Kier molecular flexibility index (Phi) is 3.60. The minimum atomic E-state index is 0.506. The van der Waals surface area contributed by atoms with Crippen LogP contribution in [0.4, 0.5) is 0 Å². The molecule has 2 rings (SSSR count). The van der Waals surface area contributed by atoms with E-state index in [-0.39, 0.29) is 0 Å². The maximum Gasteiger partial charge on any atom is 0.0610 e. The van der Waals surface area contributed by atoms with E-state index < -0.39 is 0 Å². The van der Waals surface area contributed by atoms with Gasteiger partial charge in [-0.25, -0.2) is 0 Å². The molecule has 1 N–H and O–H groups in total. The van der Waals surface area contributed by atoms with Gasteiger partial charge in [-0.2, -0.15) is 0 Å². The molecule has 0 aromatic carbocycles. The maximum atomic E-state index is 5.60. The zero-order chi connectivity index (χ0) is 9.80. The zero-order valence-corrected chi connectivity index (χ0v) is 9.09. The first kappa shape index (κ1) is 10.2. The lowest BCUT2D eigenvalue weighted by Crippen LogP contribution is -2.22. The number of ether oxygens (including phenoxy) is 1. The summed E-state index contributed by atoms with van der Waals surface area (Å²) in [7, 11) is 0. The Balaban J connectivity index is 1.77. The summed E-state index contributed by atoms with van der Waals surface area (Å²) in [5.41, 5.74) is 1.51. The van der Waals surface area contributed by atoms with Gasteiger partial charge >= 0.3 is 0 Å². The molecule has 2 heteroatoms. The van der Waals surface area contributed by atoms with E-state index in [4.69, 9.17) is 4.74 Å². The topological polar surface area (TPSA) is 21.3 Å². The summed E-state index contributed by atoms with van der Waals surface area (Å²) in [5, 5.41) is 3.52. The molecule has 0 aliphatic carbocycles. The fourth-order valence-electron chi connectivity index (χ4n) is 2.36. The smallest absolute Gasteiger partial charge is 0.0610 e. The Labute approximate surface area is 86.7 Å². The van der Waals surface area contributed by atoms with Crippen LogP contribution in [0.3, 0.4) is 0 Å². The van der Waals surface area contributed by atoms with Gasteiger partial charge in [0, 0.05) is 12.6 Å². The van der Waals surface area contributed by atoms with Gasteiger partial charge in [-0.1, -0.05) is 11.6 Å². The number of hydrogen-bond acceptors (Lipinski definition) is 2. The van der Waals surface area contributed by atoms with Crippen molar-refractivity contribution in [3.63, 3.8) is 0 Å². The van der Waals surface area contributed by atoms with E-state index in [1.165, 1.54) is 37.8 Å². The highest BCUT2D eigenvalue weighted by molar-refractivity contribution is 5.10. The van der Waals surface area contributed by atoms with E-state index in [1.54, 1.807) is 0 Å². The van der Waals surface area contributed by atoms with E-state index in [0.717, 1.165) is 13.0 Å². The zero-order valence-electron chi connectivity index (χ0n) is 9.09. The third-order valence-corrected chi connectivity index (χ3v) is 3.34. The molecule has 0 spiro atoms. The van der Waals surface area contributed by atoms with Gasteiger partial charge in [0.1, 0.15) is 0 Å². The number of hydrogen-bond donors (Lipinski definition) is 1. The van der Waals surface area contributed by atoms with Crippen LogP contribution in [-0.2, 0) is 4.74 Å². The van der Waals surface area contributed by atoms with E-state index >= 15 is 0 Å². The third-order valence-electron chi connectivity index (χ3n) is 3.34. The molecular weight excluding hydrogens is 174 g/mol. The molecule has 2 atom stereocenters. The minimum absolute atomic E-state index is 0.506. The quantitative estimate of drug-likeness (QED) is 0.697. The van der Waals surface area contributed by atoms with Crippen molar-refractivity contribution in [2.75, 3.05) is 13.2 Å². The van der Waals surface area contributed by atoms with Gasteiger partial charge in [0.15, 0.2) is 0 Å². The molecule has 0 aromatic rings. The highest BCUT2D eigenvalue weighted by Crippen LogP contribution is 2.19. The standard InChI is InChI=1S/C12H21NO/c1-10(12-5-2-8-13-12)6-7-11-4-3-9-14-11/h6,11-13H,2-5,7-9H2,1H3/b10-6+. The molecule has 2 unspecified atom stereocenters. The van der Waals surface area contributed by atoms with Crippen LogP contribution in [0.1, 0.15) is 39.0 Å². The second kappa shape index (κ2) is 4.94. The van der Waals surface area contributed by atoms with Crippen molar-refractivity contribution in [2.45, 2.75) is 51.2 Å². The Morgan fingerprint density at radius 3 is 3.00 bits per heavy atom. The Morgan fingerprint density at radius 1 is 1.43 bits per heavy atom. The molecule has 0 bridgehead atoms. The van der Waals surface area contributed by atoms with Crippen molar-refractivity contribution in [2.24, 2.45) is 0 Å². The molecule has 0 saturated carbocycles. The molecule has 80 valence electrons. The summed E-state index contributed by atoms with van der Waals surface area (Å²) in [6, 6.07) is 0.649. The van der Waals surface area contributed by atoms with Gasteiger partial charge < -0.3 is 10.1 Å². The predicted octanol–water partition coefficient (Wildman–Crippen LogP) is 2.25. The third kappa shape index (κ3) is 2.58. The van der Waals surface area contributed by atoms with Gasteiger partial charge in [-0.15, -0.1) is 0 Å². The fourth-order valence-corrected chi connectivity index (χ4v) is 2.36. The summed E-state index contributed by atoms with van der Waals surface area (Å²) in [5.74, 6) is 0. The molecule has 2 heterocycles. The lowest BCUT2D eigenvalue weighted by Gasteiger charge is -2.12. The molecule has 0 aromatic heterocycles. The van der Waals surface area contributed by atoms with E-state index in [2.05, 4.69) is 18.3 Å². The highest BCUT2D eigenvalue weighted by Gasteiger charge is 2.17. The SMILES string of the molecule is C/C(=C\CC1CCCO1)C1CCCN1. The Hall–Kier alpha value is -0.340. The van der Waals surface area contributed by atoms with Crippen molar-refractivity contribution in [1.82, 2.24) is 5.32 Å². The van der Waals surface area contributed by atoms with Crippen LogP contribution in [0.15, 0.2) is 11.6 Å². The lowest BCUT2D eigenvalue weighted by molar-refractivity contribution is 0.113. The molecule has 0 amide bonds. The largest absolute Gasteiger partial charge is 0.378 e. The van der Waals surface area contributed by atoms with Crippen LogP contribution in [0.5, 0.6) is 0 Å². The average molecular weight is 195 g/mol. The Morgan fingerprint density at radius 2 is 2.36 bits per heavy atom. The van der Waals surface area contributed by atoms with Crippen molar-refractivity contribution in [3.8, 4) is 0 Å². The second-order valence-electron chi connectivity index (χ2n) is 4.47. The summed E-state index contributed by atoms with van der Waals surface area (Å²) < 4.78 is 5.60. The first-order chi connectivity index (χ1) is 6.86. The summed E-state index contributed by atoms with van der Waals surface area (Å²) >= 11 is 0. The molecule has 2 aliphatic heterocycles. The van der Waals surface area contributed by atoms with E-state index in [9.17, 15) is 0 Å². The van der Waals surface area contributed by atoms with Gasteiger partial charge in [-0.3, -0.25) is 0 Å². The molecular formula is C12H21NO. The number of nitrogens with one attached hydrogen (secondary N) is 1. The molecule has 2 fully saturated rings. The van der Waals surface area contributed by atoms with Crippen molar-refractivity contribution in [3.05, 3.63) is 11.6 Å². The van der Waals surface area contributed by atoms with Crippen LogP contribution < -0.4 is 5.32 Å². The van der Waals surface area contributed by atoms with Gasteiger partial charge in [0.2, 0.25) is 0 Å². The summed E-state index contributed by atoms with van der Waals surface area (Å²) in [6.45, 7) is 4.41. The van der Waals surface area contributed by atoms with Gasteiger partial charge in [0.05, 0.1) is 6.10 Å². The normalized spacial score (nSPS) is 33.9. The average Bonchev–Trinajstić information content (AvgIpc) is 2.87. The van der Waals surface area contributed by atoms with Crippen molar-refractivity contribution < 1.29 is 4.74 Å². The predicted molar refractivity (Wildman–Crippen MR) is 58.4 cm³/mol. The molecule has 2 aliphatic rings. The van der Waals surface area contributed by atoms with Crippen LogP contribution >= 0.6 is 0 Å². The first-order valence-electron chi connectivity index (χ1n) is 5.88. The monoisotopic (exact) mass is 195 g/mol. The van der Waals surface area contributed by atoms with E-state index in [0.29, 0.717) is 12.1 Å². The molecule has 14 heavy (non-hydrogen) atoms. The second-order valence-corrected chi connectivity index (χ2v) is 4.47. The maximum absolute atomic E-state index is 5.60. The molecule has 2 saturated heterocycles. The van der Waals surface area contributed by atoms with Crippen molar-refractivity contribution >= 4 is 0 Å². The van der Waals surface area contributed by atoms with E-state index in [1.807, 2.05) is 0 Å². The summed E-state index contributed by atoms with van der Waals surface area (Å²) in [6.07, 6.45) is 9.14. The first-order valence-corrected chi connectivity index (χ1v) is 5.88. The van der Waals surface area contributed by atoms with Crippen LogP contribution in [0, 0.1) is 0 Å². The minimum Gasteiger partial charge on any atom is -0.378 e. The molecule has 0 radical (unpaired) electrons. The summed E-state index contributed by atoms with van der Waals surface area (Å²) in [4.78, 5) is 0. The fraction of sp³-hybridized carbons (Fsp3) is 0.833. The highest BCUT2D eigenvalue weighted by atomic mass is 16.5. The van der Waals surface area contributed by atoms with Crippen LogP contribution in [-0.4, -0.2) is 25.3 Å². The van der Waals surface area contributed by atoms with Crippen LogP contribution in [0.25, 0.3) is 0 Å². The molecule has 2 nitrogen and oxygen atoms in total. The van der Waals surface area contributed by atoms with Gasteiger partial charge in [0.25, 0.3) is 0 Å². The lowest BCUT2D eigenvalue weighted by atomic mass is 10.0. The number of rotatable bonds is 3.